The molecule has 0 amide bonds. The van der Waals surface area contributed by atoms with Crippen LogP contribution in [0.3, 0.4) is 0 Å². The number of aliphatic hydroxyl groups excluding tert-OH is 6. The van der Waals surface area contributed by atoms with E-state index in [2.05, 4.69) is 34.6 Å². The van der Waals surface area contributed by atoms with Crippen LogP contribution >= 0.6 is 0 Å². The molecule has 46 heavy (non-hydrogen) atoms. The summed E-state index contributed by atoms with van der Waals surface area (Å²) in [5.41, 5.74) is -3.03. The van der Waals surface area contributed by atoms with Gasteiger partial charge in [0.2, 0.25) is 0 Å². The number of hydrogen-bond acceptors (Lipinski definition) is 11. The molecule has 11 heteroatoms. The molecule has 3 aliphatic heterocycles. The Kier molecular flexibility index (Phi) is 6.88. The molecule has 262 valence electrons. The van der Waals surface area contributed by atoms with Crippen LogP contribution in [0.1, 0.15) is 86.5 Å². The van der Waals surface area contributed by atoms with E-state index in [9.17, 15) is 35.7 Å². The van der Waals surface area contributed by atoms with Crippen molar-refractivity contribution in [2.45, 2.75) is 153 Å². The molecule has 11 nitrogen and oxygen atoms in total. The molecular formula is C35H56O11. The van der Waals surface area contributed by atoms with Crippen molar-refractivity contribution in [2.75, 3.05) is 13.2 Å². The van der Waals surface area contributed by atoms with E-state index in [0.29, 0.717) is 25.7 Å². The van der Waals surface area contributed by atoms with Gasteiger partial charge in [-0.25, -0.2) is 0 Å². The van der Waals surface area contributed by atoms with Crippen molar-refractivity contribution in [3.8, 4) is 0 Å². The van der Waals surface area contributed by atoms with Crippen LogP contribution in [0.5, 0.6) is 0 Å². The van der Waals surface area contributed by atoms with Gasteiger partial charge in [-0.2, -0.15) is 0 Å². The SMILES string of the molecule is C[C@@H]1C[C@]2(OC[C@](C)(O)[C@H]2O)O[C@H]2C[C@@]3(C)[C@@H]4[C@@H](O)C[C@H]5C(C)(C)[C@@H](O[C@@H]6OC[C@@H](O)[C@H](O)[C@H]6O)CC[C@@]56C[C@@]46C[C@@H](O)[C@]3(C)[C@@H]12. The smallest absolute Gasteiger partial charge is 0.198 e. The number of hydrogen-bond donors (Lipinski definition) is 7. The standard InChI is InChI=1S/C35H56O11/c1-16-10-35(28(41)31(5,42)15-44-35)46-19-11-30(4)26-17(36)9-20-29(2,3)22(45-27-25(40)24(39)18(37)13-43-27)7-8-33(20)14-34(26,33)12-21(38)32(30,6)23(16)19/h16-28,36-42H,7-15H2,1-6H3/t16-,17+,18-,19+,20+,21-,22+,23+,24+,25-,26+,27+,28-,30+,31+,32-,33-,34+,35+/m1/s1. The number of rotatable bonds is 2. The molecular weight excluding hydrogens is 596 g/mol. The van der Waals surface area contributed by atoms with Crippen molar-refractivity contribution in [1.82, 2.24) is 0 Å². The Bertz CT molecular complexity index is 1260. The molecule has 3 saturated heterocycles. The van der Waals surface area contributed by atoms with Gasteiger partial charge in [0, 0.05) is 11.8 Å². The molecule has 3 spiro atoms. The summed E-state index contributed by atoms with van der Waals surface area (Å²) < 4.78 is 24.8. The Morgan fingerprint density at radius 1 is 0.848 bits per heavy atom. The number of fused-ring (bicyclic) bond motifs is 4. The first-order chi connectivity index (χ1) is 21.3. The molecule has 8 fully saturated rings. The number of aliphatic hydroxyl groups is 7. The summed E-state index contributed by atoms with van der Waals surface area (Å²) in [7, 11) is 0. The summed E-state index contributed by atoms with van der Waals surface area (Å²) in [6.07, 6.45) is -2.99. The van der Waals surface area contributed by atoms with Crippen LogP contribution in [-0.4, -0.2) is 115 Å². The average molecular weight is 653 g/mol. The van der Waals surface area contributed by atoms with Gasteiger partial charge in [-0.1, -0.05) is 34.6 Å². The predicted octanol–water partition coefficient (Wildman–Crippen LogP) is 1.06. The Hall–Kier alpha value is -0.440. The van der Waals surface area contributed by atoms with Crippen molar-refractivity contribution in [3.05, 3.63) is 0 Å². The average Bonchev–Trinajstić information content (AvgIpc) is 3.46. The van der Waals surface area contributed by atoms with Gasteiger partial charge in [0.25, 0.3) is 0 Å². The molecule has 0 bridgehead atoms. The van der Waals surface area contributed by atoms with Crippen molar-refractivity contribution in [1.29, 1.82) is 0 Å². The molecule has 3 heterocycles. The van der Waals surface area contributed by atoms with Crippen LogP contribution in [-0.2, 0) is 18.9 Å². The molecule has 5 aliphatic carbocycles. The maximum Gasteiger partial charge on any atom is 0.198 e. The Labute approximate surface area is 271 Å². The van der Waals surface area contributed by atoms with Crippen LogP contribution in [0.4, 0.5) is 0 Å². The fourth-order valence-electron chi connectivity index (χ4n) is 13.9. The van der Waals surface area contributed by atoms with Gasteiger partial charge in [-0.15, -0.1) is 0 Å². The monoisotopic (exact) mass is 652 g/mol. The van der Waals surface area contributed by atoms with Gasteiger partial charge >= 0.3 is 0 Å². The summed E-state index contributed by atoms with van der Waals surface area (Å²) >= 11 is 0. The van der Waals surface area contributed by atoms with Gasteiger partial charge in [0.15, 0.2) is 12.1 Å². The third-order valence-electron chi connectivity index (χ3n) is 16.0. The molecule has 7 N–H and O–H groups in total. The molecule has 0 aromatic carbocycles. The van der Waals surface area contributed by atoms with Crippen LogP contribution in [0, 0.1) is 50.7 Å². The minimum atomic E-state index is -1.40. The van der Waals surface area contributed by atoms with E-state index in [1.165, 1.54) is 0 Å². The summed E-state index contributed by atoms with van der Waals surface area (Å²) in [5.74, 6) is -1.13. The van der Waals surface area contributed by atoms with E-state index in [4.69, 9.17) is 18.9 Å². The van der Waals surface area contributed by atoms with E-state index in [0.717, 1.165) is 19.3 Å². The third kappa shape index (κ3) is 3.72. The molecule has 0 aromatic rings. The summed E-state index contributed by atoms with van der Waals surface area (Å²) in [6.45, 7) is 12.4. The highest BCUT2D eigenvalue weighted by Crippen LogP contribution is 2.89. The lowest BCUT2D eigenvalue weighted by Gasteiger charge is -2.66. The van der Waals surface area contributed by atoms with Crippen molar-refractivity contribution < 1.29 is 54.7 Å². The van der Waals surface area contributed by atoms with Crippen LogP contribution in [0.2, 0.25) is 0 Å². The van der Waals surface area contributed by atoms with E-state index in [1.807, 2.05) is 0 Å². The van der Waals surface area contributed by atoms with Crippen molar-refractivity contribution in [2.24, 2.45) is 50.7 Å². The summed E-state index contributed by atoms with van der Waals surface area (Å²) in [4.78, 5) is 0. The lowest BCUT2D eigenvalue weighted by molar-refractivity contribution is -0.316. The Morgan fingerprint density at radius 2 is 1.57 bits per heavy atom. The minimum absolute atomic E-state index is 0.00134. The first-order valence-electron chi connectivity index (χ1n) is 17.7. The normalized spacial score (nSPS) is 65.0. The van der Waals surface area contributed by atoms with E-state index in [-0.39, 0.29) is 65.3 Å². The van der Waals surface area contributed by atoms with Crippen LogP contribution < -0.4 is 0 Å². The maximum atomic E-state index is 12.4. The zero-order valence-corrected chi connectivity index (χ0v) is 28.1. The molecule has 0 radical (unpaired) electrons. The molecule has 5 saturated carbocycles. The second-order valence-corrected chi connectivity index (χ2v) is 18.4. The topological polar surface area (TPSA) is 179 Å². The zero-order chi connectivity index (χ0) is 33.2. The lowest BCUT2D eigenvalue weighted by Crippen LogP contribution is -2.66. The Balaban J connectivity index is 1.09. The summed E-state index contributed by atoms with van der Waals surface area (Å²) in [5, 5.41) is 77.5. The first-order valence-corrected chi connectivity index (χ1v) is 17.7. The van der Waals surface area contributed by atoms with Crippen LogP contribution in [0.15, 0.2) is 0 Å². The fourth-order valence-corrected chi connectivity index (χ4v) is 13.9. The second kappa shape index (κ2) is 9.66. The highest BCUT2D eigenvalue weighted by atomic mass is 16.7. The lowest BCUT2D eigenvalue weighted by atomic mass is 9.40. The largest absolute Gasteiger partial charge is 0.393 e. The first kappa shape index (κ1) is 32.7. The van der Waals surface area contributed by atoms with E-state index >= 15 is 0 Å². The summed E-state index contributed by atoms with van der Waals surface area (Å²) in [6, 6.07) is 0. The van der Waals surface area contributed by atoms with E-state index < -0.39 is 65.1 Å². The van der Waals surface area contributed by atoms with Gasteiger partial charge in [0.05, 0.1) is 37.6 Å². The van der Waals surface area contributed by atoms with Crippen LogP contribution in [0.25, 0.3) is 0 Å². The van der Waals surface area contributed by atoms with Gasteiger partial charge in [-0.3, -0.25) is 0 Å². The minimum Gasteiger partial charge on any atom is -0.393 e. The molecule has 0 unspecified atom stereocenters. The molecule has 19 atom stereocenters. The van der Waals surface area contributed by atoms with E-state index in [1.54, 1.807) is 6.92 Å². The highest BCUT2D eigenvalue weighted by Gasteiger charge is 2.86. The van der Waals surface area contributed by atoms with Gasteiger partial charge in [0.1, 0.15) is 30.0 Å². The highest BCUT2D eigenvalue weighted by molar-refractivity contribution is 5.34. The predicted molar refractivity (Wildman–Crippen MR) is 162 cm³/mol. The Morgan fingerprint density at radius 3 is 2.24 bits per heavy atom. The molecule has 8 aliphatic rings. The van der Waals surface area contributed by atoms with Crippen molar-refractivity contribution in [3.63, 3.8) is 0 Å². The van der Waals surface area contributed by atoms with Gasteiger partial charge in [-0.05, 0) is 90.8 Å². The second-order valence-electron chi connectivity index (χ2n) is 18.4. The van der Waals surface area contributed by atoms with Gasteiger partial charge < -0.3 is 54.7 Å². The fraction of sp³-hybridized carbons (Fsp3) is 1.00. The zero-order valence-electron chi connectivity index (χ0n) is 28.1. The molecule has 8 rings (SSSR count). The van der Waals surface area contributed by atoms with Crippen molar-refractivity contribution >= 4 is 0 Å². The maximum absolute atomic E-state index is 12.4. The quantitative estimate of drug-likeness (QED) is 0.212. The third-order valence-corrected chi connectivity index (χ3v) is 16.0. The number of ether oxygens (including phenoxy) is 4. The molecule has 0 aromatic heterocycles.